The van der Waals surface area contributed by atoms with Gasteiger partial charge in [-0.15, -0.1) is 0 Å². The SMILES string of the molecule is CCOCc1ccccc1NC(=O)N1CCN(Cc2ccncc2)CC1. The van der Waals surface area contributed by atoms with Crippen LogP contribution in [-0.4, -0.2) is 53.6 Å². The first kappa shape index (κ1) is 18.4. The van der Waals surface area contributed by atoms with Gasteiger partial charge in [0.15, 0.2) is 0 Å². The number of hydrogen-bond acceptors (Lipinski definition) is 4. The molecule has 0 atom stereocenters. The smallest absolute Gasteiger partial charge is 0.321 e. The van der Waals surface area contributed by atoms with Gasteiger partial charge >= 0.3 is 6.03 Å². The number of benzene rings is 1. The molecule has 2 heterocycles. The van der Waals surface area contributed by atoms with E-state index in [0.717, 1.165) is 44.0 Å². The third-order valence-corrected chi connectivity index (χ3v) is 4.54. The summed E-state index contributed by atoms with van der Waals surface area (Å²) in [5.41, 5.74) is 3.08. The lowest BCUT2D eigenvalue weighted by molar-refractivity contribution is 0.134. The van der Waals surface area contributed by atoms with Crippen molar-refractivity contribution in [1.29, 1.82) is 0 Å². The number of piperazine rings is 1. The van der Waals surface area contributed by atoms with Crippen molar-refractivity contribution in [3.63, 3.8) is 0 Å². The van der Waals surface area contributed by atoms with Gasteiger partial charge in [0.1, 0.15) is 0 Å². The molecule has 0 bridgehead atoms. The Morgan fingerprint density at radius 1 is 1.12 bits per heavy atom. The molecular weight excluding hydrogens is 328 g/mol. The van der Waals surface area contributed by atoms with Crippen LogP contribution < -0.4 is 5.32 Å². The molecule has 1 aromatic heterocycles. The molecule has 0 unspecified atom stereocenters. The number of hydrogen-bond donors (Lipinski definition) is 1. The van der Waals surface area contributed by atoms with Crippen LogP contribution in [0.4, 0.5) is 10.5 Å². The zero-order valence-electron chi connectivity index (χ0n) is 15.2. The van der Waals surface area contributed by atoms with Crippen LogP contribution in [0.15, 0.2) is 48.8 Å². The van der Waals surface area contributed by atoms with Gasteiger partial charge in [0.05, 0.1) is 6.61 Å². The predicted octanol–water partition coefficient (Wildman–Crippen LogP) is 2.97. The molecule has 0 spiro atoms. The Labute approximate surface area is 154 Å². The van der Waals surface area contributed by atoms with Crippen molar-refractivity contribution in [3.8, 4) is 0 Å². The highest BCUT2D eigenvalue weighted by atomic mass is 16.5. The summed E-state index contributed by atoms with van der Waals surface area (Å²) in [5, 5.41) is 3.03. The summed E-state index contributed by atoms with van der Waals surface area (Å²) in [6.45, 7) is 7.22. The zero-order chi connectivity index (χ0) is 18.2. The quantitative estimate of drug-likeness (QED) is 0.866. The lowest BCUT2D eigenvalue weighted by atomic mass is 10.2. The first-order valence-electron chi connectivity index (χ1n) is 9.09. The van der Waals surface area contributed by atoms with Gasteiger partial charge < -0.3 is 15.0 Å². The first-order chi connectivity index (χ1) is 12.8. The number of rotatable bonds is 6. The number of para-hydroxylation sites is 1. The molecule has 1 saturated heterocycles. The van der Waals surface area contributed by atoms with Crippen LogP contribution in [0.5, 0.6) is 0 Å². The second kappa shape index (κ2) is 9.31. The Kier molecular flexibility index (Phi) is 6.57. The number of nitrogens with zero attached hydrogens (tertiary/aromatic N) is 3. The maximum Gasteiger partial charge on any atom is 0.321 e. The number of nitrogens with one attached hydrogen (secondary N) is 1. The summed E-state index contributed by atoms with van der Waals surface area (Å²) in [4.78, 5) is 20.9. The summed E-state index contributed by atoms with van der Waals surface area (Å²) in [6.07, 6.45) is 3.64. The summed E-state index contributed by atoms with van der Waals surface area (Å²) in [5.74, 6) is 0. The number of aromatic nitrogens is 1. The van der Waals surface area contributed by atoms with Gasteiger partial charge in [0.25, 0.3) is 0 Å². The van der Waals surface area contributed by atoms with Crippen molar-refractivity contribution in [1.82, 2.24) is 14.8 Å². The molecule has 0 aliphatic carbocycles. The van der Waals surface area contributed by atoms with Gasteiger partial charge in [-0.3, -0.25) is 9.88 Å². The van der Waals surface area contributed by atoms with Crippen LogP contribution in [0, 0.1) is 0 Å². The Morgan fingerprint density at radius 2 is 1.85 bits per heavy atom. The average Bonchev–Trinajstić information content (AvgIpc) is 2.68. The van der Waals surface area contributed by atoms with E-state index in [1.165, 1.54) is 5.56 Å². The number of anilines is 1. The topological polar surface area (TPSA) is 57.7 Å². The van der Waals surface area contributed by atoms with Crippen LogP contribution in [0.3, 0.4) is 0 Å². The molecule has 2 aromatic rings. The summed E-state index contributed by atoms with van der Waals surface area (Å²) in [7, 11) is 0. The van der Waals surface area contributed by atoms with Crippen molar-refractivity contribution in [2.24, 2.45) is 0 Å². The van der Waals surface area contributed by atoms with Gasteiger partial charge in [-0.1, -0.05) is 18.2 Å². The number of pyridine rings is 1. The third-order valence-electron chi connectivity index (χ3n) is 4.54. The van der Waals surface area contributed by atoms with Gasteiger partial charge in [-0.05, 0) is 30.7 Å². The maximum atomic E-state index is 12.6. The van der Waals surface area contributed by atoms with Crippen LogP contribution >= 0.6 is 0 Å². The molecule has 1 N–H and O–H groups in total. The van der Waals surface area contributed by atoms with Gasteiger partial charge in [-0.25, -0.2) is 4.79 Å². The predicted molar refractivity (Wildman–Crippen MR) is 102 cm³/mol. The van der Waals surface area contributed by atoms with Crippen LogP contribution in [0.25, 0.3) is 0 Å². The fraction of sp³-hybridized carbons (Fsp3) is 0.400. The van der Waals surface area contributed by atoms with Crippen LogP contribution in [0.1, 0.15) is 18.1 Å². The van der Waals surface area contributed by atoms with Gasteiger partial charge in [0, 0.05) is 63.0 Å². The second-order valence-electron chi connectivity index (χ2n) is 6.34. The molecule has 2 amide bonds. The molecular formula is C20H26N4O2. The molecule has 1 aromatic carbocycles. The third kappa shape index (κ3) is 5.03. The first-order valence-corrected chi connectivity index (χ1v) is 9.09. The van der Waals surface area contributed by atoms with E-state index >= 15 is 0 Å². The number of ether oxygens (including phenoxy) is 1. The number of amides is 2. The van der Waals surface area contributed by atoms with Crippen molar-refractivity contribution in [2.75, 3.05) is 38.1 Å². The highest BCUT2D eigenvalue weighted by molar-refractivity contribution is 5.90. The number of carbonyl (C=O) groups excluding carboxylic acids is 1. The molecule has 138 valence electrons. The summed E-state index contributed by atoms with van der Waals surface area (Å²) in [6, 6.07) is 11.8. The molecule has 26 heavy (non-hydrogen) atoms. The Balaban J connectivity index is 1.51. The molecule has 0 saturated carbocycles. The molecule has 0 radical (unpaired) electrons. The largest absolute Gasteiger partial charge is 0.377 e. The van der Waals surface area contributed by atoms with E-state index in [9.17, 15) is 4.79 Å². The van der Waals surface area contributed by atoms with Gasteiger partial charge in [0.2, 0.25) is 0 Å². The minimum Gasteiger partial charge on any atom is -0.377 e. The molecule has 1 aliphatic heterocycles. The lowest BCUT2D eigenvalue weighted by Crippen LogP contribution is -2.49. The number of carbonyl (C=O) groups is 1. The summed E-state index contributed by atoms with van der Waals surface area (Å²) >= 11 is 0. The van der Waals surface area contributed by atoms with E-state index in [1.807, 2.05) is 60.6 Å². The van der Waals surface area contributed by atoms with E-state index in [4.69, 9.17) is 4.74 Å². The van der Waals surface area contributed by atoms with E-state index in [1.54, 1.807) is 0 Å². The molecule has 1 fully saturated rings. The second-order valence-corrected chi connectivity index (χ2v) is 6.34. The summed E-state index contributed by atoms with van der Waals surface area (Å²) < 4.78 is 5.48. The van der Waals surface area contributed by atoms with Crippen molar-refractivity contribution < 1.29 is 9.53 Å². The van der Waals surface area contributed by atoms with E-state index in [0.29, 0.717) is 13.2 Å². The normalized spacial score (nSPS) is 15.0. The molecule has 3 rings (SSSR count). The zero-order valence-corrected chi connectivity index (χ0v) is 15.2. The monoisotopic (exact) mass is 354 g/mol. The lowest BCUT2D eigenvalue weighted by Gasteiger charge is -2.34. The minimum atomic E-state index is -0.0440. The standard InChI is InChI=1S/C20H26N4O2/c1-2-26-16-18-5-3-4-6-19(18)22-20(25)24-13-11-23(12-14-24)15-17-7-9-21-10-8-17/h3-10H,2,11-16H2,1H3,(H,22,25). The van der Waals surface area contributed by atoms with Crippen molar-refractivity contribution in [2.45, 2.75) is 20.1 Å². The average molecular weight is 354 g/mol. The van der Waals surface area contributed by atoms with E-state index < -0.39 is 0 Å². The fourth-order valence-electron chi connectivity index (χ4n) is 3.03. The fourth-order valence-corrected chi connectivity index (χ4v) is 3.03. The van der Waals surface area contributed by atoms with Gasteiger partial charge in [-0.2, -0.15) is 0 Å². The Morgan fingerprint density at radius 3 is 2.58 bits per heavy atom. The maximum absolute atomic E-state index is 12.6. The van der Waals surface area contributed by atoms with Crippen molar-refractivity contribution >= 4 is 11.7 Å². The molecule has 1 aliphatic rings. The van der Waals surface area contributed by atoms with Crippen LogP contribution in [0.2, 0.25) is 0 Å². The highest BCUT2D eigenvalue weighted by Gasteiger charge is 2.21. The Hall–Kier alpha value is -2.44. The highest BCUT2D eigenvalue weighted by Crippen LogP contribution is 2.17. The Bertz CT molecular complexity index is 700. The molecule has 6 heteroatoms. The molecule has 6 nitrogen and oxygen atoms in total. The van der Waals surface area contributed by atoms with E-state index in [-0.39, 0.29) is 6.03 Å². The van der Waals surface area contributed by atoms with Crippen molar-refractivity contribution in [3.05, 3.63) is 59.9 Å². The van der Waals surface area contributed by atoms with Crippen LogP contribution in [-0.2, 0) is 17.9 Å². The number of urea groups is 1. The minimum absolute atomic E-state index is 0.0440. The van der Waals surface area contributed by atoms with E-state index in [2.05, 4.69) is 15.2 Å².